The van der Waals surface area contributed by atoms with Gasteiger partial charge in [0.1, 0.15) is 17.7 Å². The van der Waals surface area contributed by atoms with Crippen molar-refractivity contribution in [2.24, 2.45) is 0 Å². The normalized spacial score (nSPS) is 15.6. The molecule has 0 saturated carbocycles. The van der Waals surface area contributed by atoms with E-state index >= 15 is 0 Å². The number of pyridine rings is 1. The summed E-state index contributed by atoms with van der Waals surface area (Å²) in [5, 5.41) is 12.2. The van der Waals surface area contributed by atoms with E-state index in [2.05, 4.69) is 41.1 Å². The van der Waals surface area contributed by atoms with E-state index in [1.165, 1.54) is 0 Å². The van der Waals surface area contributed by atoms with Crippen LogP contribution in [0.5, 0.6) is 0 Å². The Morgan fingerprint density at radius 3 is 2.52 bits per heavy atom. The van der Waals surface area contributed by atoms with Gasteiger partial charge < -0.3 is 26.7 Å². The van der Waals surface area contributed by atoms with Crippen LogP contribution in [-0.4, -0.2) is 37.6 Å². The van der Waals surface area contributed by atoms with Crippen molar-refractivity contribution in [2.45, 2.75) is 18.9 Å². The first kappa shape index (κ1) is 26.6. The molecule has 1 aliphatic rings. The first-order valence-corrected chi connectivity index (χ1v) is 14.3. The molecule has 4 aromatic heterocycles. The lowest BCUT2D eigenvalue weighted by Crippen LogP contribution is -2.31. The number of hydrogen-bond donors (Lipinski definition) is 0. The van der Waals surface area contributed by atoms with E-state index in [0.29, 0.717) is 5.56 Å². The lowest BCUT2D eigenvalue weighted by Gasteiger charge is -2.12. The molecule has 12 heteroatoms. The first-order chi connectivity index (χ1) is 19.3. The number of aromatic nitrogens is 2. The van der Waals surface area contributed by atoms with Gasteiger partial charge in [-0.25, -0.2) is 4.79 Å². The number of hydrogen-bond acceptors (Lipinski definition) is 6. The maximum atomic E-state index is 13.8. The highest BCUT2D eigenvalue weighted by Crippen LogP contribution is 2.37. The summed E-state index contributed by atoms with van der Waals surface area (Å²) >= 11 is 3.35. The van der Waals surface area contributed by atoms with Crippen LogP contribution in [0.2, 0.25) is 0 Å². The van der Waals surface area contributed by atoms with Crippen LogP contribution in [-0.2, 0) is 9.47 Å². The number of benzene rings is 2. The van der Waals surface area contributed by atoms with Gasteiger partial charge in [0.05, 0.1) is 21.6 Å². The van der Waals surface area contributed by atoms with Crippen LogP contribution >= 0.6 is 22.7 Å². The Morgan fingerprint density at radius 2 is 1.77 bits per heavy atom. The molecule has 5 heterocycles. The van der Waals surface area contributed by atoms with Crippen molar-refractivity contribution in [3.8, 4) is 10.4 Å². The summed E-state index contributed by atoms with van der Waals surface area (Å²) in [6, 6.07) is 20.5. The molecular weight excluding hydrogens is 563 g/mol. The molecule has 7 rings (SSSR count). The first-order valence-electron chi connectivity index (χ1n) is 12.6. The minimum absolute atomic E-state index is 0.0327. The van der Waals surface area contributed by atoms with Gasteiger partial charge in [0, 0.05) is 33.6 Å². The average Bonchev–Trinajstić information content (AvgIpc) is 3.72. The number of para-hydroxylation sites is 1. The van der Waals surface area contributed by atoms with E-state index in [4.69, 9.17) is 14.6 Å². The highest BCUT2D eigenvalue weighted by Gasteiger charge is 2.31. The molecule has 1 atom stereocenters. The Balaban J connectivity index is 0.000000534. The van der Waals surface area contributed by atoms with Crippen molar-refractivity contribution in [1.29, 1.82) is 0 Å². The second-order valence-electron chi connectivity index (χ2n) is 9.22. The number of halogens is 4. The molecule has 0 N–H and O–H groups in total. The van der Waals surface area contributed by atoms with Crippen LogP contribution < -0.4 is 4.52 Å². The van der Waals surface area contributed by atoms with Crippen molar-refractivity contribution in [3.05, 3.63) is 77.0 Å². The summed E-state index contributed by atoms with van der Waals surface area (Å²) in [6.07, 6.45) is 1.89. The number of carbonyl (C=O) groups is 1. The van der Waals surface area contributed by atoms with E-state index in [1.54, 1.807) is 22.7 Å². The molecule has 1 aliphatic heterocycles. The Kier molecular flexibility index (Phi) is 7.15. The minimum atomic E-state index is -6.00. The third kappa shape index (κ3) is 5.14. The number of nitrogens with zero attached hydrogens (tertiary/aromatic N) is 2. The molecule has 0 bridgehead atoms. The molecule has 0 spiro atoms. The fourth-order valence-electron chi connectivity index (χ4n) is 5.07. The number of rotatable bonds is 4. The molecule has 5 nitrogen and oxygen atoms in total. The van der Waals surface area contributed by atoms with Crippen LogP contribution in [0.15, 0.2) is 71.4 Å². The second kappa shape index (κ2) is 10.8. The Hall–Kier alpha value is -3.61. The SMILES string of the molecule is F[B-](F)(F)F.O=C(OCC1CCCO1)c1c2cccc(-c3cccs3)c2n[n+]2c3ccccc3c3sccc3c12. The topological polar surface area (TPSA) is 52.5 Å². The molecule has 0 aliphatic carbocycles. The predicted molar refractivity (Wildman–Crippen MR) is 151 cm³/mol. The van der Waals surface area contributed by atoms with E-state index in [0.717, 1.165) is 67.3 Å². The summed E-state index contributed by atoms with van der Waals surface area (Å²) in [4.78, 5) is 14.9. The van der Waals surface area contributed by atoms with Crippen LogP contribution in [0.3, 0.4) is 0 Å². The van der Waals surface area contributed by atoms with Gasteiger partial charge in [-0.3, -0.25) is 0 Å². The van der Waals surface area contributed by atoms with Gasteiger partial charge in [-0.15, -0.1) is 22.7 Å². The molecule has 6 aromatic rings. The summed E-state index contributed by atoms with van der Waals surface area (Å²) in [5.74, 6) is -0.337. The monoisotopic (exact) mass is 584 g/mol. The van der Waals surface area contributed by atoms with Crippen molar-refractivity contribution < 1.29 is 36.0 Å². The molecule has 1 unspecified atom stereocenters. The number of esters is 1. The van der Waals surface area contributed by atoms with Crippen LogP contribution in [0, 0.1) is 0 Å². The zero-order valence-corrected chi connectivity index (χ0v) is 22.5. The van der Waals surface area contributed by atoms with Gasteiger partial charge in [-0.2, -0.15) is 0 Å². The maximum absolute atomic E-state index is 13.8. The van der Waals surface area contributed by atoms with Crippen molar-refractivity contribution in [3.63, 3.8) is 0 Å². The number of fused-ring (bicyclic) bond motifs is 7. The molecular formula is C28H21BF4N2O3S2. The summed E-state index contributed by atoms with van der Waals surface area (Å²) < 4.78 is 53.7. The van der Waals surface area contributed by atoms with Crippen LogP contribution in [0.25, 0.3) is 47.8 Å². The van der Waals surface area contributed by atoms with Gasteiger partial charge in [0.25, 0.3) is 5.52 Å². The molecule has 0 radical (unpaired) electrons. The molecule has 1 saturated heterocycles. The highest BCUT2D eigenvalue weighted by atomic mass is 32.1. The van der Waals surface area contributed by atoms with Gasteiger partial charge in [-0.05, 0) is 46.3 Å². The Labute approximate surface area is 233 Å². The fourth-order valence-corrected chi connectivity index (χ4v) is 6.75. The predicted octanol–water partition coefficient (Wildman–Crippen LogP) is 7.71. The quantitative estimate of drug-likeness (QED) is 0.0532. The summed E-state index contributed by atoms with van der Waals surface area (Å²) in [5.41, 5.74) is 4.10. The number of ether oxygens (including phenoxy) is 2. The van der Waals surface area contributed by atoms with Crippen molar-refractivity contribution >= 4 is 73.3 Å². The largest absolute Gasteiger partial charge is 0.673 e. The third-order valence-corrected chi connectivity index (χ3v) is 8.52. The van der Waals surface area contributed by atoms with Gasteiger partial charge in [0.2, 0.25) is 5.52 Å². The lowest BCUT2D eigenvalue weighted by atomic mass is 10.0. The zero-order chi connectivity index (χ0) is 27.9. The van der Waals surface area contributed by atoms with E-state index in [9.17, 15) is 22.1 Å². The smallest absolute Gasteiger partial charge is 0.459 e. The minimum Gasteiger partial charge on any atom is -0.459 e. The second-order valence-corrected chi connectivity index (χ2v) is 11.1. The highest BCUT2D eigenvalue weighted by molar-refractivity contribution is 7.18. The molecule has 204 valence electrons. The Bertz CT molecular complexity index is 1850. The molecule has 2 aromatic carbocycles. The summed E-state index contributed by atoms with van der Waals surface area (Å²) in [6.45, 7) is 0.991. The maximum Gasteiger partial charge on any atom is 0.673 e. The third-order valence-electron chi connectivity index (χ3n) is 6.67. The molecule has 1 fully saturated rings. The van der Waals surface area contributed by atoms with Gasteiger partial charge >= 0.3 is 13.2 Å². The van der Waals surface area contributed by atoms with E-state index in [-0.39, 0.29) is 18.7 Å². The van der Waals surface area contributed by atoms with Crippen molar-refractivity contribution in [1.82, 2.24) is 5.10 Å². The van der Waals surface area contributed by atoms with Gasteiger partial charge in [0.15, 0.2) is 0 Å². The Morgan fingerprint density at radius 1 is 0.975 bits per heavy atom. The van der Waals surface area contributed by atoms with Crippen LogP contribution in [0.4, 0.5) is 17.3 Å². The van der Waals surface area contributed by atoms with Gasteiger partial charge in [-0.1, -0.05) is 36.4 Å². The molecule has 40 heavy (non-hydrogen) atoms. The zero-order valence-electron chi connectivity index (χ0n) is 20.9. The van der Waals surface area contributed by atoms with Crippen molar-refractivity contribution in [2.75, 3.05) is 13.2 Å². The molecule has 0 amide bonds. The van der Waals surface area contributed by atoms with E-state index < -0.39 is 7.25 Å². The lowest BCUT2D eigenvalue weighted by molar-refractivity contribution is -0.548. The standard InChI is InChI=1S/C28H21N2O3S2.BF4/c31-28(33-16-17-6-4-13-32-17)24-20-9-3-8-19(23-11-5-14-34-23)25(20)29-30-22-10-2-1-7-18(22)27-21(26(24)30)12-15-35-27;2-1(3,4)5/h1-3,5,7-12,14-15,17H,4,6,13,16H2;/q+1;-1. The fraction of sp³-hybridized carbons (Fsp3) is 0.179. The van der Waals surface area contributed by atoms with Crippen LogP contribution in [0.1, 0.15) is 23.2 Å². The van der Waals surface area contributed by atoms with E-state index in [1.807, 2.05) is 34.8 Å². The number of carbonyl (C=O) groups excluding carboxylic acids is 1. The average molecular weight is 584 g/mol. The summed E-state index contributed by atoms with van der Waals surface area (Å²) in [7, 11) is -6.00. The number of thiophene rings is 2.